The summed E-state index contributed by atoms with van der Waals surface area (Å²) in [6.45, 7) is 0.0117. The van der Waals surface area contributed by atoms with E-state index in [1.54, 1.807) is 24.3 Å². The highest BCUT2D eigenvalue weighted by atomic mass is 35.5. The van der Waals surface area contributed by atoms with Crippen molar-refractivity contribution < 1.29 is 22.4 Å². The Bertz CT molecular complexity index is 842. The number of carbonyl (C=O) groups excluding carboxylic acids is 1. The van der Waals surface area contributed by atoms with Gasteiger partial charge in [-0.2, -0.15) is 13.2 Å². The van der Waals surface area contributed by atoms with Crippen LogP contribution in [0.1, 0.15) is 24.8 Å². The lowest BCUT2D eigenvalue weighted by molar-refractivity contribution is -0.253. The third kappa shape index (κ3) is 1.83. The van der Waals surface area contributed by atoms with E-state index in [1.165, 1.54) is 4.90 Å². The van der Waals surface area contributed by atoms with E-state index >= 15 is 4.39 Å². The molecule has 3 saturated carbocycles. The largest absolute Gasteiger partial charge is 0.438 e. The SMILES string of the molecule is O=C(N1CCC(C2(C(F)(F)F)N=N2)C1)C12CC(c3ccccc3)(C1)C2(F)Cl. The first-order valence-corrected chi connectivity index (χ1v) is 9.21. The number of amides is 1. The predicted octanol–water partition coefficient (Wildman–Crippen LogP) is 4.20. The van der Waals surface area contributed by atoms with Gasteiger partial charge in [-0.25, -0.2) is 4.39 Å². The van der Waals surface area contributed by atoms with E-state index in [0.29, 0.717) is 0 Å². The Labute approximate surface area is 157 Å². The minimum absolute atomic E-state index is 0.127. The molecule has 3 aliphatic carbocycles. The molecule has 1 saturated heterocycles. The lowest BCUT2D eigenvalue weighted by Crippen LogP contribution is -2.84. The fourth-order valence-electron chi connectivity index (χ4n) is 5.23. The molecule has 9 heteroatoms. The first-order valence-electron chi connectivity index (χ1n) is 8.83. The Hall–Kier alpha value is -1.70. The molecule has 27 heavy (non-hydrogen) atoms. The van der Waals surface area contributed by atoms with Crippen molar-refractivity contribution in [3.05, 3.63) is 35.9 Å². The molecule has 0 radical (unpaired) electrons. The smallest absolute Gasteiger partial charge is 0.342 e. The zero-order valence-electron chi connectivity index (χ0n) is 14.1. The van der Waals surface area contributed by atoms with Gasteiger partial charge < -0.3 is 4.90 Å². The number of hydrogen-bond acceptors (Lipinski definition) is 3. The van der Waals surface area contributed by atoms with Crippen LogP contribution in [0.3, 0.4) is 0 Å². The molecule has 1 amide bonds. The minimum Gasteiger partial charge on any atom is -0.342 e. The maximum Gasteiger partial charge on any atom is 0.438 e. The summed E-state index contributed by atoms with van der Waals surface area (Å²) in [5.41, 5.74) is -3.87. The fraction of sp³-hybridized carbons (Fsp3) is 0.611. The first-order chi connectivity index (χ1) is 12.6. The van der Waals surface area contributed by atoms with Crippen molar-refractivity contribution in [3.63, 3.8) is 0 Å². The Kier molecular flexibility index (Phi) is 3.11. The molecule has 0 spiro atoms. The highest BCUT2D eigenvalue weighted by Crippen LogP contribution is 2.83. The maximum absolute atomic E-state index is 15.4. The molecule has 4 nitrogen and oxygen atoms in total. The van der Waals surface area contributed by atoms with Crippen LogP contribution in [0.25, 0.3) is 0 Å². The third-order valence-corrected chi connectivity index (χ3v) is 7.65. The molecule has 0 aromatic heterocycles. The fourth-order valence-corrected chi connectivity index (χ4v) is 5.69. The van der Waals surface area contributed by atoms with Gasteiger partial charge >= 0.3 is 6.18 Å². The van der Waals surface area contributed by atoms with Gasteiger partial charge in [-0.3, -0.25) is 4.79 Å². The molecule has 5 aliphatic rings. The molecule has 6 rings (SSSR count). The van der Waals surface area contributed by atoms with Crippen LogP contribution in [-0.2, 0) is 10.2 Å². The summed E-state index contributed by atoms with van der Waals surface area (Å²) in [7, 11) is 0. The molecule has 144 valence electrons. The minimum atomic E-state index is -4.57. The summed E-state index contributed by atoms with van der Waals surface area (Å²) in [4.78, 5) is 14.3. The molecule has 2 unspecified atom stereocenters. The average Bonchev–Trinajstić information content (AvgIpc) is 3.26. The van der Waals surface area contributed by atoms with Gasteiger partial charge in [0.1, 0.15) is 5.41 Å². The number of rotatable bonds is 3. The standard InChI is InChI=1S/C18H16ClF4N3O/c19-17(20)14(11-4-2-1-3-5-11)9-15(17,10-14)13(27)26-7-6-12(8-26)16(24-25-16)18(21,22)23/h1-5,12H,6-10H2. The van der Waals surface area contributed by atoms with Crippen molar-refractivity contribution in [2.75, 3.05) is 13.1 Å². The number of benzene rings is 1. The van der Waals surface area contributed by atoms with E-state index < -0.39 is 39.6 Å². The van der Waals surface area contributed by atoms with Gasteiger partial charge in [0.05, 0.1) is 0 Å². The van der Waals surface area contributed by atoms with Crippen LogP contribution in [0.2, 0.25) is 0 Å². The predicted molar refractivity (Wildman–Crippen MR) is 87.8 cm³/mol. The van der Waals surface area contributed by atoms with E-state index in [4.69, 9.17) is 11.6 Å². The van der Waals surface area contributed by atoms with Crippen molar-refractivity contribution >= 4 is 17.5 Å². The number of halogens is 5. The summed E-state index contributed by atoms with van der Waals surface area (Å²) in [5.74, 6) is -1.40. The van der Waals surface area contributed by atoms with Gasteiger partial charge in [-0.1, -0.05) is 41.9 Å². The molecule has 4 fully saturated rings. The second kappa shape index (κ2) is 4.82. The van der Waals surface area contributed by atoms with E-state index in [2.05, 4.69) is 10.2 Å². The van der Waals surface area contributed by atoms with Crippen molar-refractivity contribution in [3.8, 4) is 0 Å². The van der Waals surface area contributed by atoms with Crippen molar-refractivity contribution in [1.29, 1.82) is 0 Å². The summed E-state index contributed by atoms with van der Waals surface area (Å²) in [6.07, 6.45) is -3.87. The number of likely N-dealkylation sites (tertiary alicyclic amines) is 1. The van der Waals surface area contributed by atoms with Crippen LogP contribution in [0, 0.1) is 11.3 Å². The van der Waals surface area contributed by atoms with Gasteiger partial charge in [0.25, 0.3) is 5.66 Å². The quantitative estimate of drug-likeness (QED) is 0.553. The van der Waals surface area contributed by atoms with Gasteiger partial charge in [-0.05, 0) is 24.8 Å². The lowest BCUT2D eigenvalue weighted by Gasteiger charge is -2.76. The summed E-state index contributed by atoms with van der Waals surface area (Å²) < 4.78 is 54.9. The van der Waals surface area contributed by atoms with Crippen molar-refractivity contribution in [2.45, 2.75) is 41.6 Å². The van der Waals surface area contributed by atoms with E-state index in [1.807, 2.05) is 6.07 Å². The molecule has 1 aromatic carbocycles. The molecule has 2 atom stereocenters. The number of hydrogen-bond donors (Lipinski definition) is 0. The number of carbonyl (C=O) groups is 1. The molecule has 1 aromatic rings. The second-order valence-electron chi connectivity index (χ2n) is 8.12. The van der Waals surface area contributed by atoms with Gasteiger partial charge in [0, 0.05) is 24.4 Å². The van der Waals surface area contributed by atoms with Crippen molar-refractivity contribution in [2.24, 2.45) is 21.6 Å². The maximum atomic E-state index is 15.4. The van der Waals surface area contributed by atoms with Crippen LogP contribution in [0.15, 0.2) is 40.6 Å². The Balaban J connectivity index is 1.33. The van der Waals surface area contributed by atoms with E-state index in [-0.39, 0.29) is 32.4 Å². The number of nitrogens with zero attached hydrogens (tertiary/aromatic N) is 3. The van der Waals surface area contributed by atoms with Crippen LogP contribution < -0.4 is 0 Å². The first kappa shape index (κ1) is 17.4. The van der Waals surface area contributed by atoms with Crippen LogP contribution in [-0.4, -0.2) is 40.9 Å². The highest BCUT2D eigenvalue weighted by Gasteiger charge is 2.90. The molecule has 2 aliphatic heterocycles. The van der Waals surface area contributed by atoms with Crippen molar-refractivity contribution in [1.82, 2.24) is 4.90 Å². The van der Waals surface area contributed by atoms with Crippen LogP contribution in [0.5, 0.6) is 0 Å². The summed E-state index contributed by atoms with van der Waals surface area (Å²) >= 11 is 6.21. The molecule has 2 bridgehead atoms. The molecule has 2 heterocycles. The van der Waals surface area contributed by atoms with Crippen LogP contribution in [0.4, 0.5) is 17.6 Å². The average molecular weight is 402 g/mol. The monoisotopic (exact) mass is 401 g/mol. The molecule has 0 N–H and O–H groups in total. The Morgan fingerprint density at radius 1 is 1.19 bits per heavy atom. The van der Waals surface area contributed by atoms with Crippen LogP contribution >= 0.6 is 11.6 Å². The van der Waals surface area contributed by atoms with Gasteiger partial charge in [0.15, 0.2) is 0 Å². The van der Waals surface area contributed by atoms with E-state index in [9.17, 15) is 18.0 Å². The zero-order valence-corrected chi connectivity index (χ0v) is 14.9. The highest BCUT2D eigenvalue weighted by molar-refractivity contribution is 6.29. The van der Waals surface area contributed by atoms with E-state index in [0.717, 1.165) is 5.56 Å². The second-order valence-corrected chi connectivity index (χ2v) is 8.64. The zero-order chi connectivity index (χ0) is 19.3. The normalized spacial score (nSPS) is 41.1. The van der Waals surface area contributed by atoms with Gasteiger partial charge in [0.2, 0.25) is 11.0 Å². The lowest BCUT2D eigenvalue weighted by atomic mass is 9.31. The molecular weight excluding hydrogens is 386 g/mol. The molecular formula is C18H16ClF4N3O. The Morgan fingerprint density at radius 2 is 1.81 bits per heavy atom. The van der Waals surface area contributed by atoms with Gasteiger partial charge in [-0.15, -0.1) is 10.2 Å². The number of alkyl halides is 5. The summed E-state index contributed by atoms with van der Waals surface area (Å²) in [6, 6.07) is 8.99. The summed E-state index contributed by atoms with van der Waals surface area (Å²) in [5, 5.41) is 4.24. The topological polar surface area (TPSA) is 45.0 Å². The Morgan fingerprint density at radius 3 is 2.33 bits per heavy atom. The third-order valence-electron chi connectivity index (χ3n) is 6.92.